The number of benzene rings is 1. The molecule has 1 heterocycles. The van der Waals surface area contributed by atoms with Crippen LogP contribution in [0.15, 0.2) is 41.5 Å². The highest BCUT2D eigenvalue weighted by atomic mass is 35.5. The molecule has 1 aromatic heterocycles. The number of carbonyl (C=O) groups excluding carboxylic acids is 1. The van der Waals surface area contributed by atoms with Crippen LogP contribution < -0.4 is 10.2 Å². The molecule has 1 aromatic carbocycles. The van der Waals surface area contributed by atoms with Crippen molar-refractivity contribution in [2.75, 3.05) is 6.61 Å². The highest BCUT2D eigenvalue weighted by molar-refractivity contribution is 7.13. The number of hydrogen-bond donors (Lipinski definition) is 1. The molecule has 0 aliphatic carbocycles. The summed E-state index contributed by atoms with van der Waals surface area (Å²) in [5.41, 5.74) is 2.43. The number of hydrogen-bond acceptors (Lipinski definition) is 4. The van der Waals surface area contributed by atoms with Crippen LogP contribution in [0.4, 0.5) is 0 Å². The molecule has 6 heteroatoms. The number of aryl methyl sites for hydroxylation is 1. The van der Waals surface area contributed by atoms with Crippen molar-refractivity contribution in [1.82, 2.24) is 5.43 Å². The molecule has 0 saturated carbocycles. The van der Waals surface area contributed by atoms with E-state index < -0.39 is 0 Å². The molecular weight excluding hydrogens is 308 g/mol. The first-order valence-corrected chi connectivity index (χ1v) is 7.66. The Hall–Kier alpha value is -1.85. The molecule has 0 aliphatic rings. The lowest BCUT2D eigenvalue weighted by molar-refractivity contribution is -0.123. The smallest absolute Gasteiger partial charge is 0.277 e. The van der Waals surface area contributed by atoms with Crippen LogP contribution >= 0.6 is 22.9 Å². The normalized spacial score (nSPS) is 10.8. The Labute approximate surface area is 132 Å². The van der Waals surface area contributed by atoms with E-state index >= 15 is 0 Å². The van der Waals surface area contributed by atoms with Gasteiger partial charge in [0.25, 0.3) is 5.91 Å². The second kappa shape index (κ2) is 7.81. The Morgan fingerprint density at radius 3 is 2.76 bits per heavy atom. The molecule has 110 valence electrons. The quantitative estimate of drug-likeness (QED) is 0.653. The molecule has 0 saturated heterocycles. The standard InChI is InChI=1S/C15H15ClN2O2S/c1-2-13-7-8-14(21-13)9-17-18-15(19)10-20-12-5-3-11(16)4-6-12/h3-9H,2,10H2,1H3,(H,18,19). The van der Waals surface area contributed by atoms with Crippen molar-refractivity contribution in [3.63, 3.8) is 0 Å². The maximum atomic E-state index is 11.6. The number of nitrogens with one attached hydrogen (secondary N) is 1. The number of carbonyl (C=O) groups is 1. The molecule has 2 rings (SSSR count). The molecule has 0 unspecified atom stereocenters. The van der Waals surface area contributed by atoms with Gasteiger partial charge in [0.2, 0.25) is 0 Å². The first-order chi connectivity index (χ1) is 10.2. The molecule has 0 spiro atoms. The zero-order valence-electron chi connectivity index (χ0n) is 11.5. The summed E-state index contributed by atoms with van der Waals surface area (Å²) in [6, 6.07) is 10.8. The Balaban J connectivity index is 1.75. The van der Waals surface area contributed by atoms with E-state index in [0.29, 0.717) is 10.8 Å². The number of thiophene rings is 1. The Morgan fingerprint density at radius 2 is 2.10 bits per heavy atom. The number of ether oxygens (including phenoxy) is 1. The van der Waals surface area contributed by atoms with Crippen molar-refractivity contribution >= 4 is 35.1 Å². The predicted molar refractivity (Wildman–Crippen MR) is 86.4 cm³/mol. The van der Waals surface area contributed by atoms with Gasteiger partial charge >= 0.3 is 0 Å². The third-order valence-corrected chi connectivity index (χ3v) is 4.01. The van der Waals surface area contributed by atoms with Gasteiger partial charge in [-0.1, -0.05) is 18.5 Å². The van der Waals surface area contributed by atoms with Crippen LogP contribution in [0.1, 0.15) is 16.7 Å². The van der Waals surface area contributed by atoms with Gasteiger partial charge in [0.1, 0.15) is 5.75 Å². The lowest BCUT2D eigenvalue weighted by Gasteiger charge is -2.04. The van der Waals surface area contributed by atoms with Crippen LogP contribution in [0, 0.1) is 0 Å². The minimum absolute atomic E-state index is 0.0936. The zero-order chi connectivity index (χ0) is 15.1. The molecule has 2 aromatic rings. The van der Waals surface area contributed by atoms with Crippen molar-refractivity contribution in [3.05, 3.63) is 51.2 Å². The summed E-state index contributed by atoms with van der Waals surface area (Å²) in [6.07, 6.45) is 2.63. The maximum Gasteiger partial charge on any atom is 0.277 e. The van der Waals surface area contributed by atoms with Crippen molar-refractivity contribution in [3.8, 4) is 5.75 Å². The minimum Gasteiger partial charge on any atom is -0.484 e. The topological polar surface area (TPSA) is 50.7 Å². The third kappa shape index (κ3) is 5.21. The highest BCUT2D eigenvalue weighted by Gasteiger charge is 2.01. The summed E-state index contributed by atoms with van der Waals surface area (Å²) >= 11 is 7.41. The summed E-state index contributed by atoms with van der Waals surface area (Å²) in [5, 5.41) is 4.52. The van der Waals surface area contributed by atoms with Crippen LogP contribution in [-0.2, 0) is 11.2 Å². The summed E-state index contributed by atoms with van der Waals surface area (Å²) in [4.78, 5) is 13.9. The van der Waals surface area contributed by atoms with E-state index in [9.17, 15) is 4.79 Å². The summed E-state index contributed by atoms with van der Waals surface area (Å²) < 4.78 is 5.31. The van der Waals surface area contributed by atoms with E-state index in [0.717, 1.165) is 11.3 Å². The first-order valence-electron chi connectivity index (χ1n) is 6.46. The van der Waals surface area contributed by atoms with E-state index in [-0.39, 0.29) is 12.5 Å². The summed E-state index contributed by atoms with van der Waals surface area (Å²) in [5.74, 6) is 0.276. The number of amides is 1. The van der Waals surface area contributed by atoms with Crippen molar-refractivity contribution in [1.29, 1.82) is 0 Å². The molecule has 0 fully saturated rings. The largest absolute Gasteiger partial charge is 0.484 e. The summed E-state index contributed by atoms with van der Waals surface area (Å²) in [7, 11) is 0. The highest BCUT2D eigenvalue weighted by Crippen LogP contribution is 2.15. The average molecular weight is 323 g/mol. The Bertz CT molecular complexity index is 623. The molecule has 1 N–H and O–H groups in total. The lowest BCUT2D eigenvalue weighted by atomic mass is 10.3. The SMILES string of the molecule is CCc1ccc(C=NNC(=O)COc2ccc(Cl)cc2)s1. The fourth-order valence-corrected chi connectivity index (χ4v) is 2.48. The molecule has 4 nitrogen and oxygen atoms in total. The van der Waals surface area contributed by atoms with Crippen molar-refractivity contribution in [2.45, 2.75) is 13.3 Å². The monoisotopic (exact) mass is 322 g/mol. The number of nitrogens with zero attached hydrogens (tertiary/aromatic N) is 1. The molecule has 0 radical (unpaired) electrons. The molecule has 21 heavy (non-hydrogen) atoms. The van der Waals surface area contributed by atoms with Crippen molar-refractivity contribution < 1.29 is 9.53 Å². The van der Waals surface area contributed by atoms with Gasteiger partial charge in [0.15, 0.2) is 6.61 Å². The van der Waals surface area contributed by atoms with Gasteiger partial charge in [-0.05, 0) is 42.8 Å². The molecular formula is C15H15ClN2O2S. The van der Waals surface area contributed by atoms with Gasteiger partial charge < -0.3 is 4.74 Å². The van der Waals surface area contributed by atoms with E-state index in [2.05, 4.69) is 23.5 Å². The lowest BCUT2D eigenvalue weighted by Crippen LogP contribution is -2.24. The molecule has 0 atom stereocenters. The maximum absolute atomic E-state index is 11.6. The van der Waals surface area contributed by atoms with Gasteiger partial charge in [0.05, 0.1) is 6.21 Å². The van der Waals surface area contributed by atoms with Gasteiger partial charge in [-0.2, -0.15) is 5.10 Å². The van der Waals surface area contributed by atoms with Crippen LogP contribution in [0.5, 0.6) is 5.75 Å². The zero-order valence-corrected chi connectivity index (χ0v) is 13.1. The van der Waals surface area contributed by atoms with Crippen LogP contribution in [-0.4, -0.2) is 18.7 Å². The second-order valence-electron chi connectivity index (χ2n) is 4.19. The Morgan fingerprint density at radius 1 is 1.33 bits per heavy atom. The first kappa shape index (κ1) is 15.5. The fourth-order valence-electron chi connectivity index (χ4n) is 1.53. The number of halogens is 1. The predicted octanol–water partition coefficient (Wildman–Crippen LogP) is 3.49. The van der Waals surface area contributed by atoms with Gasteiger partial charge in [-0.25, -0.2) is 5.43 Å². The van der Waals surface area contributed by atoms with Gasteiger partial charge in [-0.3, -0.25) is 4.79 Å². The van der Waals surface area contributed by atoms with Gasteiger partial charge in [-0.15, -0.1) is 11.3 Å². The van der Waals surface area contributed by atoms with Crippen LogP contribution in [0.3, 0.4) is 0 Å². The van der Waals surface area contributed by atoms with E-state index in [1.165, 1.54) is 4.88 Å². The average Bonchev–Trinajstić information content (AvgIpc) is 2.95. The minimum atomic E-state index is -0.312. The van der Waals surface area contributed by atoms with Crippen molar-refractivity contribution in [2.24, 2.45) is 5.10 Å². The molecule has 0 bridgehead atoms. The van der Waals surface area contributed by atoms with E-state index in [1.807, 2.05) is 6.07 Å². The van der Waals surface area contributed by atoms with E-state index in [4.69, 9.17) is 16.3 Å². The van der Waals surface area contributed by atoms with E-state index in [1.54, 1.807) is 41.8 Å². The van der Waals surface area contributed by atoms with Crippen LogP contribution in [0.25, 0.3) is 0 Å². The third-order valence-electron chi connectivity index (χ3n) is 2.60. The summed E-state index contributed by atoms with van der Waals surface area (Å²) in [6.45, 7) is 2.01. The molecule has 1 amide bonds. The van der Waals surface area contributed by atoms with Gasteiger partial charge in [0, 0.05) is 14.8 Å². The molecule has 0 aliphatic heterocycles. The number of rotatable bonds is 6. The number of hydrazone groups is 1. The fraction of sp³-hybridized carbons (Fsp3) is 0.200. The second-order valence-corrected chi connectivity index (χ2v) is 5.83. The van der Waals surface area contributed by atoms with Crippen LogP contribution in [0.2, 0.25) is 5.02 Å². The Kier molecular flexibility index (Phi) is 5.78.